The molecule has 1 aliphatic rings. The third-order valence-electron chi connectivity index (χ3n) is 5.66. The number of phenolic OH excluding ortho intramolecular Hbond substituents is 1. The Balaban J connectivity index is 1.34. The molecule has 6 nitrogen and oxygen atoms in total. The maximum Gasteiger partial charge on any atom is 0.324 e. The average molecular weight is 441 g/mol. The zero-order chi connectivity index (χ0) is 21.8. The van der Waals surface area contributed by atoms with Gasteiger partial charge in [-0.3, -0.25) is 9.18 Å². The highest BCUT2D eigenvalue weighted by molar-refractivity contribution is 7.86. The maximum atomic E-state index is 11.6. The van der Waals surface area contributed by atoms with Crippen LogP contribution in [0.4, 0.5) is 0 Å². The fourth-order valence-electron chi connectivity index (χ4n) is 4.14. The number of benzene rings is 2. The minimum atomic E-state index is -3.64. The SMILES string of the molecule is CS(=O)(=O)On1cc(CCCCN2CC=C(c3ccccc3)CC2)c2cc(O)ccc21. The summed E-state index contributed by atoms with van der Waals surface area (Å²) in [6.45, 7) is 3.07. The van der Waals surface area contributed by atoms with Gasteiger partial charge in [0, 0.05) is 24.7 Å². The van der Waals surface area contributed by atoms with Crippen LogP contribution >= 0.6 is 0 Å². The minimum absolute atomic E-state index is 0.153. The van der Waals surface area contributed by atoms with Crippen molar-refractivity contribution in [1.82, 2.24) is 9.63 Å². The first-order valence-corrected chi connectivity index (χ1v) is 12.4. The summed E-state index contributed by atoms with van der Waals surface area (Å²) in [4.78, 5) is 2.47. The van der Waals surface area contributed by atoms with Crippen molar-refractivity contribution >= 4 is 26.6 Å². The fraction of sp³-hybridized carbons (Fsp3) is 0.333. The van der Waals surface area contributed by atoms with Crippen LogP contribution in [-0.2, 0) is 16.5 Å². The van der Waals surface area contributed by atoms with E-state index >= 15 is 0 Å². The maximum absolute atomic E-state index is 11.6. The van der Waals surface area contributed by atoms with Gasteiger partial charge in [0.05, 0.1) is 11.8 Å². The molecule has 1 aliphatic heterocycles. The third kappa shape index (κ3) is 5.48. The second-order valence-electron chi connectivity index (χ2n) is 8.06. The second kappa shape index (κ2) is 9.16. The van der Waals surface area contributed by atoms with Crippen molar-refractivity contribution in [3.63, 3.8) is 0 Å². The van der Waals surface area contributed by atoms with E-state index in [1.165, 1.54) is 21.9 Å². The van der Waals surface area contributed by atoms with Crippen LogP contribution in [0.2, 0.25) is 0 Å². The molecule has 31 heavy (non-hydrogen) atoms. The van der Waals surface area contributed by atoms with Crippen LogP contribution in [0.3, 0.4) is 0 Å². The first-order chi connectivity index (χ1) is 14.9. The molecule has 0 spiro atoms. The monoisotopic (exact) mass is 440 g/mol. The van der Waals surface area contributed by atoms with Crippen molar-refractivity contribution in [1.29, 1.82) is 0 Å². The van der Waals surface area contributed by atoms with Crippen molar-refractivity contribution in [2.75, 3.05) is 25.9 Å². The van der Waals surface area contributed by atoms with E-state index in [0.29, 0.717) is 5.52 Å². The lowest BCUT2D eigenvalue weighted by Crippen LogP contribution is -2.29. The summed E-state index contributed by atoms with van der Waals surface area (Å²) in [6.07, 6.45) is 8.94. The second-order valence-corrected chi connectivity index (χ2v) is 9.62. The molecule has 0 radical (unpaired) electrons. The molecule has 0 fully saturated rings. The highest BCUT2D eigenvalue weighted by atomic mass is 32.2. The number of nitrogens with zero attached hydrogens (tertiary/aromatic N) is 2. The molecule has 0 saturated heterocycles. The molecule has 0 amide bonds. The molecule has 1 aromatic heterocycles. The predicted molar refractivity (Wildman–Crippen MR) is 123 cm³/mol. The smallest absolute Gasteiger partial charge is 0.324 e. The Morgan fingerprint density at radius 3 is 2.61 bits per heavy atom. The van der Waals surface area contributed by atoms with Gasteiger partial charge in [-0.15, -0.1) is 0 Å². The van der Waals surface area contributed by atoms with E-state index in [1.54, 1.807) is 18.3 Å². The van der Waals surface area contributed by atoms with Gasteiger partial charge in [-0.2, -0.15) is 13.1 Å². The number of hydrogen-bond acceptors (Lipinski definition) is 5. The van der Waals surface area contributed by atoms with Gasteiger partial charge in [-0.25, -0.2) is 0 Å². The summed E-state index contributed by atoms with van der Waals surface area (Å²) in [5.74, 6) is 0.153. The Morgan fingerprint density at radius 1 is 1.10 bits per heavy atom. The number of fused-ring (bicyclic) bond motifs is 1. The molecule has 0 saturated carbocycles. The van der Waals surface area contributed by atoms with Crippen LogP contribution in [0.15, 0.2) is 60.8 Å². The first-order valence-electron chi connectivity index (χ1n) is 10.6. The molecule has 7 heteroatoms. The zero-order valence-electron chi connectivity index (χ0n) is 17.7. The largest absolute Gasteiger partial charge is 0.508 e. The van der Waals surface area contributed by atoms with Gasteiger partial charge >= 0.3 is 10.1 Å². The average Bonchev–Trinajstić information content (AvgIpc) is 3.07. The summed E-state index contributed by atoms with van der Waals surface area (Å²) in [5, 5.41) is 10.7. The number of phenols is 1. The zero-order valence-corrected chi connectivity index (χ0v) is 18.5. The van der Waals surface area contributed by atoms with E-state index in [-0.39, 0.29) is 5.75 Å². The predicted octanol–water partition coefficient (Wildman–Crippen LogP) is 3.85. The van der Waals surface area contributed by atoms with Crippen LogP contribution in [-0.4, -0.2) is 49.0 Å². The van der Waals surface area contributed by atoms with Crippen LogP contribution in [0, 0.1) is 0 Å². The van der Waals surface area contributed by atoms with E-state index in [1.807, 2.05) is 6.07 Å². The normalized spacial score (nSPS) is 15.2. The van der Waals surface area contributed by atoms with Gasteiger partial charge < -0.3 is 5.11 Å². The van der Waals surface area contributed by atoms with Crippen molar-refractivity contribution in [2.24, 2.45) is 0 Å². The number of aromatic hydroxyl groups is 1. The molecular weight excluding hydrogens is 412 g/mol. The molecule has 0 aliphatic carbocycles. The highest BCUT2D eigenvalue weighted by Crippen LogP contribution is 2.27. The summed E-state index contributed by atoms with van der Waals surface area (Å²) in [6, 6.07) is 15.4. The van der Waals surface area contributed by atoms with Crippen LogP contribution < -0.4 is 4.28 Å². The molecule has 3 aromatic rings. The molecule has 4 rings (SSSR count). The molecule has 0 atom stereocenters. The fourth-order valence-corrected chi connectivity index (χ4v) is 4.56. The molecule has 1 N–H and O–H groups in total. The van der Waals surface area contributed by atoms with Crippen LogP contribution in [0.5, 0.6) is 5.75 Å². The van der Waals surface area contributed by atoms with E-state index in [4.69, 9.17) is 4.28 Å². The van der Waals surface area contributed by atoms with Gasteiger partial charge in [0.1, 0.15) is 5.75 Å². The van der Waals surface area contributed by atoms with Gasteiger partial charge in [0.15, 0.2) is 0 Å². The Hall–Kier alpha value is -2.77. The van der Waals surface area contributed by atoms with Crippen LogP contribution in [0.1, 0.15) is 30.4 Å². The molecule has 2 heterocycles. The minimum Gasteiger partial charge on any atom is -0.508 e. The molecular formula is C24H28N2O4S. The van der Waals surface area contributed by atoms with Crippen molar-refractivity contribution in [3.05, 3.63) is 71.9 Å². The summed E-state index contributed by atoms with van der Waals surface area (Å²) in [5.41, 5.74) is 4.35. The number of hydrogen-bond donors (Lipinski definition) is 1. The van der Waals surface area contributed by atoms with Gasteiger partial charge in [0.2, 0.25) is 0 Å². The quantitative estimate of drug-likeness (QED) is 0.539. The van der Waals surface area contributed by atoms with Gasteiger partial charge in [-0.1, -0.05) is 36.4 Å². The lowest BCUT2D eigenvalue weighted by atomic mass is 9.99. The first kappa shape index (κ1) is 21.5. The van der Waals surface area contributed by atoms with E-state index in [0.717, 1.165) is 62.5 Å². The summed E-state index contributed by atoms with van der Waals surface area (Å²) in [7, 11) is -3.64. The van der Waals surface area contributed by atoms with Crippen molar-refractivity contribution in [3.8, 4) is 5.75 Å². The van der Waals surface area contributed by atoms with Crippen LogP contribution in [0.25, 0.3) is 16.5 Å². The summed E-state index contributed by atoms with van der Waals surface area (Å²) >= 11 is 0. The Bertz CT molecular complexity index is 1180. The van der Waals surface area contributed by atoms with E-state index in [2.05, 4.69) is 35.2 Å². The topological polar surface area (TPSA) is 71.8 Å². The molecule has 0 unspecified atom stereocenters. The Morgan fingerprint density at radius 2 is 1.90 bits per heavy atom. The highest BCUT2D eigenvalue weighted by Gasteiger charge is 2.15. The lowest BCUT2D eigenvalue weighted by Gasteiger charge is -2.26. The number of rotatable bonds is 8. The molecule has 2 aromatic carbocycles. The van der Waals surface area contributed by atoms with Gasteiger partial charge in [-0.05, 0) is 67.1 Å². The molecule has 0 bridgehead atoms. The number of aromatic nitrogens is 1. The Labute approximate surface area is 183 Å². The van der Waals surface area contributed by atoms with E-state index in [9.17, 15) is 13.5 Å². The van der Waals surface area contributed by atoms with Crippen molar-refractivity contribution < 1.29 is 17.8 Å². The Kier molecular flexibility index (Phi) is 6.34. The van der Waals surface area contributed by atoms with Gasteiger partial charge in [0.25, 0.3) is 0 Å². The lowest BCUT2D eigenvalue weighted by molar-refractivity contribution is 0.293. The van der Waals surface area contributed by atoms with Crippen molar-refractivity contribution in [2.45, 2.75) is 25.7 Å². The number of unbranched alkanes of at least 4 members (excludes halogenated alkanes) is 1. The third-order valence-corrected chi connectivity index (χ3v) is 6.09. The summed E-state index contributed by atoms with van der Waals surface area (Å²) < 4.78 is 29.5. The molecule has 164 valence electrons. The standard InChI is InChI=1S/C24H28N2O4S/c1-31(28,29)30-26-18-21(23-17-22(27)10-11-24(23)26)9-5-6-14-25-15-12-20(13-16-25)19-7-3-2-4-8-19/h2-4,7-8,10-12,17-18,27H,5-6,9,13-16H2,1H3. The number of aryl methyl sites for hydroxylation is 1. The van der Waals surface area contributed by atoms with E-state index < -0.39 is 10.1 Å².